The van der Waals surface area contributed by atoms with Gasteiger partial charge in [-0.2, -0.15) is 13.2 Å². The van der Waals surface area contributed by atoms with Crippen LogP contribution >= 0.6 is 0 Å². The lowest BCUT2D eigenvalue weighted by molar-refractivity contribution is -0.164. The van der Waals surface area contributed by atoms with Gasteiger partial charge in [0.05, 0.1) is 5.57 Å². The molecule has 0 saturated heterocycles. The van der Waals surface area contributed by atoms with Gasteiger partial charge in [0, 0.05) is 18.4 Å². The Morgan fingerprint density at radius 3 is 2.46 bits per heavy atom. The van der Waals surface area contributed by atoms with Gasteiger partial charge in [0.15, 0.2) is 0 Å². The summed E-state index contributed by atoms with van der Waals surface area (Å²) in [5.41, 5.74) is 2.88. The highest BCUT2D eigenvalue weighted by Crippen LogP contribution is 2.34. The molecule has 0 N–H and O–H groups in total. The van der Waals surface area contributed by atoms with Crippen LogP contribution in [0.5, 0.6) is 0 Å². The summed E-state index contributed by atoms with van der Waals surface area (Å²) >= 11 is 0. The van der Waals surface area contributed by atoms with Crippen molar-refractivity contribution < 1.29 is 18.0 Å². The van der Waals surface area contributed by atoms with Crippen molar-refractivity contribution in [3.05, 3.63) is 71.4 Å². The highest BCUT2D eigenvalue weighted by molar-refractivity contribution is 6.23. The van der Waals surface area contributed by atoms with Crippen molar-refractivity contribution in [2.45, 2.75) is 19.5 Å². The highest BCUT2D eigenvalue weighted by atomic mass is 19.4. The van der Waals surface area contributed by atoms with E-state index in [4.69, 9.17) is 0 Å². The number of ketones is 1. The Labute approximate surface area is 138 Å². The van der Waals surface area contributed by atoms with Crippen LogP contribution < -0.4 is 4.90 Å². The molecule has 3 rings (SSSR count). The predicted octanol–water partition coefficient (Wildman–Crippen LogP) is 4.53. The van der Waals surface area contributed by atoms with E-state index in [9.17, 15) is 18.0 Å². The third kappa shape index (κ3) is 3.07. The molecular weight excluding hydrogens is 315 g/mol. The fourth-order valence-electron chi connectivity index (χ4n) is 3.00. The predicted molar refractivity (Wildman–Crippen MR) is 87.7 cm³/mol. The number of nitrogens with zero attached hydrogens (tertiary/aromatic N) is 1. The van der Waals surface area contributed by atoms with Crippen molar-refractivity contribution in [3.63, 3.8) is 0 Å². The lowest BCUT2D eigenvalue weighted by Gasteiger charge is -2.19. The largest absolute Gasteiger partial charge is 0.454 e. The molecule has 5 heteroatoms. The van der Waals surface area contributed by atoms with Crippen molar-refractivity contribution in [2.24, 2.45) is 0 Å². The molecule has 2 aromatic rings. The Morgan fingerprint density at radius 1 is 1.08 bits per heavy atom. The summed E-state index contributed by atoms with van der Waals surface area (Å²) in [7, 11) is 0. The molecule has 0 bridgehead atoms. The molecule has 0 aliphatic carbocycles. The summed E-state index contributed by atoms with van der Waals surface area (Å²) in [4.78, 5) is 13.7. The number of aryl methyl sites for hydroxylation is 1. The Morgan fingerprint density at radius 2 is 1.79 bits per heavy atom. The molecule has 0 fully saturated rings. The van der Waals surface area contributed by atoms with Gasteiger partial charge in [0.25, 0.3) is 5.78 Å². The minimum absolute atomic E-state index is 0.266. The van der Waals surface area contributed by atoms with Crippen LogP contribution in [0.25, 0.3) is 5.57 Å². The first-order chi connectivity index (χ1) is 11.4. The number of anilines is 1. The molecule has 24 heavy (non-hydrogen) atoms. The van der Waals surface area contributed by atoms with Crippen molar-refractivity contribution in [1.29, 1.82) is 0 Å². The maximum atomic E-state index is 13.0. The van der Waals surface area contributed by atoms with E-state index in [1.54, 1.807) is 23.1 Å². The minimum atomic E-state index is -4.91. The van der Waals surface area contributed by atoms with Crippen LogP contribution in [-0.2, 0) is 11.2 Å². The highest BCUT2D eigenvalue weighted by Gasteiger charge is 2.41. The SMILES string of the molecule is Cc1cccc2c1N(/C=C(\C(=O)C(F)(F)F)c1ccccc1)CC2. The number of hydrogen-bond donors (Lipinski definition) is 0. The number of benzene rings is 2. The van der Waals surface area contributed by atoms with Gasteiger partial charge >= 0.3 is 6.18 Å². The summed E-state index contributed by atoms with van der Waals surface area (Å²) < 4.78 is 39.1. The number of allylic oxidation sites excluding steroid dienone is 1. The van der Waals surface area contributed by atoms with Crippen LogP contribution in [-0.4, -0.2) is 18.5 Å². The number of carbonyl (C=O) groups is 1. The molecule has 2 nitrogen and oxygen atoms in total. The summed E-state index contributed by atoms with van der Waals surface area (Å²) in [6.45, 7) is 2.47. The number of halogens is 3. The van der Waals surface area contributed by atoms with Crippen LogP contribution in [0.1, 0.15) is 16.7 Å². The minimum Gasteiger partial charge on any atom is -0.346 e. The van der Waals surface area contributed by atoms with E-state index in [0.717, 1.165) is 23.2 Å². The average molecular weight is 331 g/mol. The zero-order valence-electron chi connectivity index (χ0n) is 13.1. The maximum absolute atomic E-state index is 13.0. The second kappa shape index (κ2) is 6.15. The monoisotopic (exact) mass is 331 g/mol. The molecule has 0 radical (unpaired) electrons. The average Bonchev–Trinajstić information content (AvgIpc) is 2.96. The number of alkyl halides is 3. The van der Waals surface area contributed by atoms with E-state index < -0.39 is 12.0 Å². The van der Waals surface area contributed by atoms with E-state index in [0.29, 0.717) is 6.54 Å². The van der Waals surface area contributed by atoms with E-state index in [2.05, 4.69) is 0 Å². The summed E-state index contributed by atoms with van der Waals surface area (Å²) in [5, 5.41) is 0. The van der Waals surface area contributed by atoms with Gasteiger partial charge in [-0.1, -0.05) is 48.5 Å². The van der Waals surface area contributed by atoms with Crippen LogP contribution in [0.4, 0.5) is 18.9 Å². The smallest absolute Gasteiger partial charge is 0.346 e. The number of hydrogen-bond acceptors (Lipinski definition) is 2. The van der Waals surface area contributed by atoms with Crippen LogP contribution in [0.3, 0.4) is 0 Å². The fraction of sp³-hybridized carbons (Fsp3) is 0.211. The van der Waals surface area contributed by atoms with E-state index in [1.165, 1.54) is 18.3 Å². The molecule has 1 heterocycles. The van der Waals surface area contributed by atoms with Gasteiger partial charge in [0.2, 0.25) is 0 Å². The zero-order chi connectivity index (χ0) is 17.3. The molecule has 124 valence electrons. The topological polar surface area (TPSA) is 20.3 Å². The summed E-state index contributed by atoms with van der Waals surface area (Å²) in [6, 6.07) is 13.8. The van der Waals surface area contributed by atoms with Crippen molar-refractivity contribution >= 4 is 17.0 Å². The Balaban J connectivity index is 2.08. The number of Topliss-reactive ketones (excluding diaryl/α,β-unsaturated/α-hetero) is 1. The Hall–Kier alpha value is -2.56. The fourth-order valence-corrected chi connectivity index (χ4v) is 3.00. The first kappa shape index (κ1) is 16.3. The Bertz CT molecular complexity index is 794. The van der Waals surface area contributed by atoms with Crippen molar-refractivity contribution in [2.75, 3.05) is 11.4 Å². The van der Waals surface area contributed by atoms with Crippen molar-refractivity contribution in [1.82, 2.24) is 0 Å². The molecule has 0 unspecified atom stereocenters. The molecule has 1 aliphatic rings. The third-order valence-corrected chi connectivity index (χ3v) is 4.10. The van der Waals surface area contributed by atoms with E-state index in [-0.39, 0.29) is 11.1 Å². The van der Waals surface area contributed by atoms with Crippen molar-refractivity contribution in [3.8, 4) is 0 Å². The maximum Gasteiger partial charge on any atom is 0.454 e. The van der Waals surface area contributed by atoms with Crippen LogP contribution in [0.15, 0.2) is 54.7 Å². The van der Waals surface area contributed by atoms with Crippen LogP contribution in [0, 0.1) is 6.92 Å². The van der Waals surface area contributed by atoms with Gasteiger partial charge in [-0.25, -0.2) is 0 Å². The lowest BCUT2D eigenvalue weighted by atomic mass is 10.0. The molecule has 2 aromatic carbocycles. The van der Waals surface area contributed by atoms with Gasteiger partial charge in [-0.05, 0) is 30.0 Å². The molecule has 0 atom stereocenters. The molecule has 0 amide bonds. The molecule has 0 aromatic heterocycles. The molecule has 0 saturated carbocycles. The standard InChI is InChI=1S/C19H16F3NO/c1-13-6-5-9-15-10-11-23(17(13)15)12-16(18(24)19(20,21)22)14-7-3-2-4-8-14/h2-9,12H,10-11H2,1H3/b16-12-. The van der Waals surface area contributed by atoms with Crippen LogP contribution in [0.2, 0.25) is 0 Å². The molecule has 1 aliphatic heterocycles. The third-order valence-electron chi connectivity index (χ3n) is 4.10. The second-order valence-corrected chi connectivity index (χ2v) is 5.76. The number of carbonyl (C=O) groups excluding carboxylic acids is 1. The van der Waals surface area contributed by atoms with E-state index in [1.807, 2.05) is 25.1 Å². The normalized spacial score (nSPS) is 14.7. The quantitative estimate of drug-likeness (QED) is 0.770. The Kier molecular flexibility index (Phi) is 4.18. The van der Waals surface area contributed by atoms with Gasteiger partial charge in [-0.3, -0.25) is 4.79 Å². The first-order valence-corrected chi connectivity index (χ1v) is 7.62. The first-order valence-electron chi connectivity index (χ1n) is 7.62. The number of para-hydroxylation sites is 1. The second-order valence-electron chi connectivity index (χ2n) is 5.76. The van der Waals surface area contributed by atoms with Gasteiger partial charge < -0.3 is 4.90 Å². The van der Waals surface area contributed by atoms with E-state index >= 15 is 0 Å². The zero-order valence-corrected chi connectivity index (χ0v) is 13.1. The molecular formula is C19H16F3NO. The van der Waals surface area contributed by atoms with Gasteiger partial charge in [-0.15, -0.1) is 0 Å². The summed E-state index contributed by atoms with van der Waals surface area (Å²) in [6.07, 6.45) is -2.82. The number of fused-ring (bicyclic) bond motifs is 1. The molecule has 0 spiro atoms. The lowest BCUT2D eigenvalue weighted by Crippen LogP contribution is -2.26. The summed E-state index contributed by atoms with van der Waals surface area (Å²) in [5.74, 6) is -1.82. The van der Waals surface area contributed by atoms with Gasteiger partial charge in [0.1, 0.15) is 0 Å². The number of rotatable bonds is 3.